The summed E-state index contributed by atoms with van der Waals surface area (Å²) in [7, 11) is 0. The van der Waals surface area contributed by atoms with Gasteiger partial charge in [0, 0.05) is 9.92 Å². The first-order valence-electron chi connectivity index (χ1n) is 5.80. The van der Waals surface area contributed by atoms with Gasteiger partial charge in [0.25, 0.3) is 0 Å². The molecule has 2 nitrogen and oxygen atoms in total. The minimum absolute atomic E-state index is 0.633. The first kappa shape index (κ1) is 12.8. The minimum atomic E-state index is -0.683. The largest absolute Gasteiger partial charge is 0.480 e. The van der Waals surface area contributed by atoms with Crippen molar-refractivity contribution in [2.75, 3.05) is 0 Å². The van der Waals surface area contributed by atoms with Crippen LogP contribution in [0.15, 0.2) is 29.2 Å². The summed E-state index contributed by atoms with van der Waals surface area (Å²) in [5.74, 6) is -0.683. The number of hydrogen-bond acceptors (Lipinski definition) is 2. The standard InChI is InChI=1S/C13H15ClO2S/c14-10-4-6-11(7-5-10)17-13(12(15)16)8-2-1-3-9-13/h4-7H,1-3,8-9H2,(H,15,16). The van der Waals surface area contributed by atoms with Crippen LogP contribution in [0.5, 0.6) is 0 Å². The number of carboxylic acid groups (broad SMARTS) is 1. The molecule has 0 aliphatic heterocycles. The van der Waals surface area contributed by atoms with Crippen LogP contribution < -0.4 is 0 Å². The molecule has 1 aliphatic rings. The summed E-state index contributed by atoms with van der Waals surface area (Å²) >= 11 is 7.30. The van der Waals surface area contributed by atoms with Gasteiger partial charge in [0.15, 0.2) is 0 Å². The lowest BCUT2D eigenvalue weighted by Crippen LogP contribution is -2.37. The third-order valence-electron chi connectivity index (χ3n) is 3.18. The molecule has 1 fully saturated rings. The average molecular weight is 271 g/mol. The highest BCUT2D eigenvalue weighted by molar-refractivity contribution is 8.01. The van der Waals surface area contributed by atoms with Gasteiger partial charge in [-0.25, -0.2) is 0 Å². The van der Waals surface area contributed by atoms with Crippen molar-refractivity contribution >= 4 is 29.3 Å². The van der Waals surface area contributed by atoms with Crippen molar-refractivity contribution in [3.63, 3.8) is 0 Å². The van der Waals surface area contributed by atoms with E-state index in [4.69, 9.17) is 11.6 Å². The molecule has 0 radical (unpaired) electrons. The minimum Gasteiger partial charge on any atom is -0.480 e. The maximum Gasteiger partial charge on any atom is 0.320 e. The molecule has 0 spiro atoms. The lowest BCUT2D eigenvalue weighted by molar-refractivity contribution is -0.140. The van der Waals surface area contributed by atoms with Crippen LogP contribution in [0.2, 0.25) is 5.02 Å². The highest BCUT2D eigenvalue weighted by Gasteiger charge is 2.40. The molecule has 1 N–H and O–H groups in total. The van der Waals surface area contributed by atoms with Gasteiger partial charge in [-0.3, -0.25) is 4.79 Å². The van der Waals surface area contributed by atoms with Gasteiger partial charge in [-0.05, 0) is 37.1 Å². The van der Waals surface area contributed by atoms with Crippen molar-refractivity contribution in [2.24, 2.45) is 0 Å². The second-order valence-corrected chi connectivity index (χ2v) is 6.31. The van der Waals surface area contributed by atoms with Crippen LogP contribution in [0.25, 0.3) is 0 Å². The maximum absolute atomic E-state index is 11.5. The molecule has 1 aromatic carbocycles. The van der Waals surface area contributed by atoms with E-state index in [2.05, 4.69) is 0 Å². The zero-order chi connectivity index (χ0) is 12.3. The lowest BCUT2D eigenvalue weighted by Gasteiger charge is -2.32. The van der Waals surface area contributed by atoms with Crippen molar-refractivity contribution in [3.8, 4) is 0 Å². The van der Waals surface area contributed by atoms with Gasteiger partial charge in [0.05, 0.1) is 0 Å². The number of carbonyl (C=O) groups is 1. The van der Waals surface area contributed by atoms with E-state index < -0.39 is 10.7 Å². The quantitative estimate of drug-likeness (QED) is 0.894. The Hall–Kier alpha value is -0.670. The summed E-state index contributed by atoms with van der Waals surface area (Å²) in [6, 6.07) is 7.41. The molecule has 92 valence electrons. The van der Waals surface area contributed by atoms with Gasteiger partial charge in [0.1, 0.15) is 4.75 Å². The number of carboxylic acids is 1. The Morgan fingerprint density at radius 2 is 1.76 bits per heavy atom. The second kappa shape index (κ2) is 5.32. The molecule has 17 heavy (non-hydrogen) atoms. The van der Waals surface area contributed by atoms with Gasteiger partial charge in [-0.1, -0.05) is 30.9 Å². The Morgan fingerprint density at radius 1 is 1.18 bits per heavy atom. The molecule has 1 aromatic rings. The Bertz CT molecular complexity index is 396. The summed E-state index contributed by atoms with van der Waals surface area (Å²) in [6.07, 6.45) is 4.68. The number of aliphatic carboxylic acids is 1. The molecule has 0 amide bonds. The Balaban J connectivity index is 2.17. The normalized spacial score (nSPS) is 18.9. The van der Waals surface area contributed by atoms with Gasteiger partial charge in [-0.2, -0.15) is 0 Å². The van der Waals surface area contributed by atoms with Crippen LogP contribution in [-0.4, -0.2) is 15.8 Å². The summed E-state index contributed by atoms with van der Waals surface area (Å²) < 4.78 is -0.633. The number of thioether (sulfide) groups is 1. The molecule has 0 saturated heterocycles. The van der Waals surface area contributed by atoms with Gasteiger partial charge >= 0.3 is 5.97 Å². The third kappa shape index (κ3) is 2.96. The van der Waals surface area contributed by atoms with E-state index in [0.29, 0.717) is 5.02 Å². The lowest BCUT2D eigenvalue weighted by atomic mass is 9.88. The van der Waals surface area contributed by atoms with Crippen molar-refractivity contribution in [1.82, 2.24) is 0 Å². The molecule has 0 aromatic heterocycles. The molecule has 2 rings (SSSR count). The molecule has 0 atom stereocenters. The van der Waals surface area contributed by atoms with Gasteiger partial charge < -0.3 is 5.11 Å². The monoisotopic (exact) mass is 270 g/mol. The van der Waals surface area contributed by atoms with Crippen LogP contribution in [0.4, 0.5) is 0 Å². The summed E-state index contributed by atoms with van der Waals surface area (Å²) in [5.41, 5.74) is 0. The summed E-state index contributed by atoms with van der Waals surface area (Å²) in [6.45, 7) is 0. The van der Waals surface area contributed by atoms with Crippen molar-refractivity contribution < 1.29 is 9.90 Å². The molecular formula is C13H15ClO2S. The van der Waals surface area contributed by atoms with E-state index in [0.717, 1.165) is 37.0 Å². The SMILES string of the molecule is O=C(O)C1(Sc2ccc(Cl)cc2)CCCCC1. The molecule has 1 saturated carbocycles. The Morgan fingerprint density at radius 3 is 2.29 bits per heavy atom. The van der Waals surface area contributed by atoms with Crippen molar-refractivity contribution in [3.05, 3.63) is 29.3 Å². The molecule has 1 aliphatic carbocycles. The highest BCUT2D eigenvalue weighted by Crippen LogP contribution is 2.44. The van der Waals surface area contributed by atoms with Crippen molar-refractivity contribution in [2.45, 2.75) is 41.7 Å². The van der Waals surface area contributed by atoms with E-state index in [9.17, 15) is 9.90 Å². The number of rotatable bonds is 3. The fraction of sp³-hybridized carbons (Fsp3) is 0.462. The Kier molecular flexibility index (Phi) is 4.00. The van der Waals surface area contributed by atoms with Crippen LogP contribution in [0.3, 0.4) is 0 Å². The van der Waals surface area contributed by atoms with Crippen LogP contribution >= 0.6 is 23.4 Å². The van der Waals surface area contributed by atoms with E-state index in [-0.39, 0.29) is 0 Å². The molecular weight excluding hydrogens is 256 g/mol. The van der Waals surface area contributed by atoms with Gasteiger partial charge in [-0.15, -0.1) is 11.8 Å². The zero-order valence-corrected chi connectivity index (χ0v) is 11.1. The summed E-state index contributed by atoms with van der Waals surface area (Å²) in [4.78, 5) is 12.5. The molecule has 0 heterocycles. The fourth-order valence-electron chi connectivity index (χ4n) is 2.21. The number of hydrogen-bond donors (Lipinski definition) is 1. The molecule has 4 heteroatoms. The van der Waals surface area contributed by atoms with E-state index in [1.165, 1.54) is 11.8 Å². The van der Waals surface area contributed by atoms with Crippen LogP contribution in [0, 0.1) is 0 Å². The average Bonchev–Trinajstić information content (AvgIpc) is 2.33. The topological polar surface area (TPSA) is 37.3 Å². The predicted molar refractivity (Wildman–Crippen MR) is 70.8 cm³/mol. The predicted octanol–water partition coefficient (Wildman–Crippen LogP) is 4.22. The molecule has 0 bridgehead atoms. The first-order valence-corrected chi connectivity index (χ1v) is 7.00. The maximum atomic E-state index is 11.5. The fourth-order valence-corrected chi connectivity index (χ4v) is 3.64. The second-order valence-electron chi connectivity index (χ2n) is 4.42. The van der Waals surface area contributed by atoms with Gasteiger partial charge in [0.2, 0.25) is 0 Å². The number of benzene rings is 1. The number of halogens is 1. The molecule has 0 unspecified atom stereocenters. The Labute approximate surface area is 110 Å². The van der Waals surface area contributed by atoms with Crippen LogP contribution in [0.1, 0.15) is 32.1 Å². The third-order valence-corrected chi connectivity index (χ3v) is 4.91. The van der Waals surface area contributed by atoms with Crippen LogP contribution in [-0.2, 0) is 4.79 Å². The smallest absolute Gasteiger partial charge is 0.320 e. The highest BCUT2D eigenvalue weighted by atomic mass is 35.5. The first-order chi connectivity index (χ1) is 8.12. The van der Waals surface area contributed by atoms with E-state index in [1.54, 1.807) is 0 Å². The zero-order valence-electron chi connectivity index (χ0n) is 9.49. The van der Waals surface area contributed by atoms with E-state index in [1.807, 2.05) is 24.3 Å². The van der Waals surface area contributed by atoms with Crippen molar-refractivity contribution in [1.29, 1.82) is 0 Å². The van der Waals surface area contributed by atoms with E-state index >= 15 is 0 Å². The summed E-state index contributed by atoms with van der Waals surface area (Å²) in [5, 5.41) is 10.1.